The van der Waals surface area contributed by atoms with Crippen molar-refractivity contribution < 1.29 is 58.8 Å². The quantitative estimate of drug-likeness (QED) is 0.0997. The Balaban J connectivity index is 0.000000442. The number of carbonyl (C=O) groups is 8. The van der Waals surface area contributed by atoms with Crippen LogP contribution in [0.1, 0.15) is 85.5 Å². The molecule has 8 N–H and O–H groups in total. The van der Waals surface area contributed by atoms with E-state index in [1.165, 1.54) is 44.9 Å². The van der Waals surface area contributed by atoms with Gasteiger partial charge in [-0.3, -0.25) is 28.8 Å². The molecule has 0 aliphatic heterocycles. The van der Waals surface area contributed by atoms with Gasteiger partial charge in [-0.25, -0.2) is 9.59 Å². The normalized spacial score (nSPS) is 24.3. The molecular weight excluding hydrogens is 692 g/mol. The van der Waals surface area contributed by atoms with E-state index >= 15 is 0 Å². The molecule has 0 aromatic rings. The molecule has 8 unspecified atom stereocenters. The lowest BCUT2D eigenvalue weighted by molar-refractivity contribution is -0.156. The second-order valence-corrected chi connectivity index (χ2v) is 13.9. The molecule has 0 heterocycles. The molecule has 8 atom stereocenters. The number of carbonyl (C=O) groups excluding carboxylic acids is 4. The zero-order valence-electron chi connectivity index (χ0n) is 29.9. The molecule has 4 amide bonds. The van der Waals surface area contributed by atoms with Gasteiger partial charge in [0.25, 0.3) is 0 Å². The molecular formula is C37H58N4O12. The van der Waals surface area contributed by atoms with E-state index < -0.39 is 60.4 Å². The van der Waals surface area contributed by atoms with Crippen LogP contribution in [0.25, 0.3) is 0 Å². The van der Waals surface area contributed by atoms with Crippen molar-refractivity contribution in [3.05, 3.63) is 24.3 Å². The van der Waals surface area contributed by atoms with Gasteiger partial charge in [0, 0.05) is 63.3 Å². The van der Waals surface area contributed by atoms with E-state index in [-0.39, 0.29) is 19.2 Å². The monoisotopic (exact) mass is 750 g/mol. The summed E-state index contributed by atoms with van der Waals surface area (Å²) in [4.78, 5) is 88.6. The number of nitrogens with one attached hydrogen (secondary N) is 4. The standard InChI is InChI=1S/C18H28N2O6.C12H17NO3.C6H9NO3.CH4/c1-2-19-15(21)7-13(17(23)24)14(18(25)26)8-16(22)20-9-12-6-10-3-4-11(12)5-10;14-11(3-4-12(15)16)13-7-10-6-8-1-2-9(10)5-8;1-2-7-5(8)3-4-6(9)10;/h10-14H,2-9H2,1H3,(H,19,21)(H,20,22)(H,23,24)(H,25,26);3-4,8-10H,1-2,5-7H2,(H,13,14)(H,15,16);3-4H,2H2,1H3,(H,7,8)(H,9,10);1H4/b;2*4-3-;. The van der Waals surface area contributed by atoms with Crippen LogP contribution in [0.15, 0.2) is 24.3 Å². The lowest BCUT2D eigenvalue weighted by Crippen LogP contribution is -2.39. The third kappa shape index (κ3) is 17.1. The molecule has 0 aromatic carbocycles. The summed E-state index contributed by atoms with van der Waals surface area (Å²) in [5.74, 6) is -5.43. The van der Waals surface area contributed by atoms with E-state index in [1.54, 1.807) is 13.8 Å². The maximum atomic E-state index is 12.2. The highest BCUT2D eigenvalue weighted by Crippen LogP contribution is 2.48. The van der Waals surface area contributed by atoms with Crippen molar-refractivity contribution >= 4 is 47.5 Å². The average Bonchev–Trinajstić information content (AvgIpc) is 3.90. The number of hydrogen-bond donors (Lipinski definition) is 8. The Hall–Kier alpha value is -4.76. The van der Waals surface area contributed by atoms with E-state index in [0.29, 0.717) is 43.9 Å². The van der Waals surface area contributed by atoms with Crippen molar-refractivity contribution in [1.29, 1.82) is 0 Å². The van der Waals surface area contributed by atoms with Gasteiger partial charge in [0.15, 0.2) is 0 Å². The predicted octanol–water partition coefficient (Wildman–Crippen LogP) is 2.44. The van der Waals surface area contributed by atoms with Gasteiger partial charge in [-0.2, -0.15) is 0 Å². The Kier molecular flexibility index (Phi) is 20.7. The van der Waals surface area contributed by atoms with Gasteiger partial charge in [-0.05, 0) is 87.9 Å². The van der Waals surface area contributed by atoms with Gasteiger partial charge < -0.3 is 41.7 Å². The first-order valence-electron chi connectivity index (χ1n) is 18.0. The van der Waals surface area contributed by atoms with Crippen LogP contribution in [0.4, 0.5) is 0 Å². The summed E-state index contributed by atoms with van der Waals surface area (Å²) < 4.78 is 0. The number of fused-ring (bicyclic) bond motifs is 4. The molecule has 4 rings (SSSR count). The summed E-state index contributed by atoms with van der Waals surface area (Å²) in [5.41, 5.74) is 0. The van der Waals surface area contributed by atoms with Crippen molar-refractivity contribution in [3.63, 3.8) is 0 Å². The molecule has 4 fully saturated rings. The molecule has 4 bridgehead atoms. The van der Waals surface area contributed by atoms with Gasteiger partial charge in [0.1, 0.15) is 0 Å². The van der Waals surface area contributed by atoms with Crippen LogP contribution in [0, 0.1) is 47.3 Å². The van der Waals surface area contributed by atoms with Crippen LogP contribution < -0.4 is 21.3 Å². The maximum absolute atomic E-state index is 12.2. The first kappa shape index (κ1) is 46.3. The molecule has 298 valence electrons. The minimum Gasteiger partial charge on any atom is -0.481 e. The summed E-state index contributed by atoms with van der Waals surface area (Å²) in [6.45, 7) is 5.48. The molecule has 0 aromatic heterocycles. The van der Waals surface area contributed by atoms with Crippen molar-refractivity contribution in [2.24, 2.45) is 47.3 Å². The first-order valence-corrected chi connectivity index (χ1v) is 18.0. The molecule has 16 nitrogen and oxygen atoms in total. The maximum Gasteiger partial charge on any atom is 0.328 e. The highest BCUT2D eigenvalue weighted by Gasteiger charge is 2.41. The Morgan fingerprint density at radius 1 is 0.547 bits per heavy atom. The largest absolute Gasteiger partial charge is 0.481 e. The minimum atomic E-state index is -1.44. The van der Waals surface area contributed by atoms with E-state index in [9.17, 15) is 48.6 Å². The van der Waals surface area contributed by atoms with Crippen LogP contribution in [-0.4, -0.2) is 94.1 Å². The SMILES string of the molecule is C.CCNC(=O)/C=C\C(=O)O.CCNC(=O)CC(C(=O)O)C(CC(=O)NCC1CC2CCC1C2)C(=O)O.O=C(O)/C=C\C(=O)NCC1CC2CCC1C2. The van der Waals surface area contributed by atoms with Crippen molar-refractivity contribution in [1.82, 2.24) is 21.3 Å². The van der Waals surface area contributed by atoms with E-state index in [2.05, 4.69) is 21.3 Å². The lowest BCUT2D eigenvalue weighted by atomic mass is 9.86. The summed E-state index contributed by atoms with van der Waals surface area (Å²) in [6.07, 6.45) is 12.8. The van der Waals surface area contributed by atoms with Gasteiger partial charge in [0.05, 0.1) is 11.8 Å². The first-order chi connectivity index (χ1) is 24.6. The van der Waals surface area contributed by atoms with Crippen LogP contribution in [-0.2, 0) is 38.4 Å². The smallest absolute Gasteiger partial charge is 0.328 e. The molecule has 16 heteroatoms. The van der Waals surface area contributed by atoms with Gasteiger partial charge in [0.2, 0.25) is 23.6 Å². The number of rotatable bonds is 17. The fourth-order valence-corrected chi connectivity index (χ4v) is 7.86. The second kappa shape index (κ2) is 23.7. The summed E-state index contributed by atoms with van der Waals surface area (Å²) in [5, 5.41) is 45.5. The van der Waals surface area contributed by atoms with Crippen LogP contribution in [0.3, 0.4) is 0 Å². The van der Waals surface area contributed by atoms with Crippen molar-refractivity contribution in [3.8, 4) is 0 Å². The Bertz CT molecular complexity index is 1350. The van der Waals surface area contributed by atoms with Crippen molar-refractivity contribution in [2.45, 2.75) is 85.5 Å². The lowest BCUT2D eigenvalue weighted by Gasteiger charge is -2.23. The van der Waals surface area contributed by atoms with E-state index in [0.717, 1.165) is 48.5 Å². The summed E-state index contributed by atoms with van der Waals surface area (Å²) >= 11 is 0. The number of carboxylic acid groups (broad SMARTS) is 4. The number of hydrogen-bond acceptors (Lipinski definition) is 8. The second-order valence-electron chi connectivity index (χ2n) is 13.9. The summed E-state index contributed by atoms with van der Waals surface area (Å²) in [7, 11) is 0. The van der Waals surface area contributed by atoms with E-state index in [4.69, 9.17) is 10.2 Å². The highest BCUT2D eigenvalue weighted by atomic mass is 16.4. The fourth-order valence-electron chi connectivity index (χ4n) is 7.86. The Labute approximate surface area is 310 Å². The minimum absolute atomic E-state index is 0. The topological polar surface area (TPSA) is 266 Å². The van der Waals surface area contributed by atoms with E-state index in [1.807, 2.05) is 0 Å². The number of amides is 4. The van der Waals surface area contributed by atoms with Crippen LogP contribution >= 0.6 is 0 Å². The van der Waals surface area contributed by atoms with Gasteiger partial charge in [-0.15, -0.1) is 0 Å². The van der Waals surface area contributed by atoms with Gasteiger partial charge in [-0.1, -0.05) is 20.3 Å². The number of likely N-dealkylation sites (N-methyl/N-ethyl adjacent to an activating group) is 1. The molecule has 0 saturated heterocycles. The molecule has 53 heavy (non-hydrogen) atoms. The Morgan fingerprint density at radius 3 is 1.28 bits per heavy atom. The van der Waals surface area contributed by atoms with Crippen LogP contribution in [0.5, 0.6) is 0 Å². The molecule has 4 saturated carbocycles. The van der Waals surface area contributed by atoms with Crippen molar-refractivity contribution in [2.75, 3.05) is 26.2 Å². The summed E-state index contributed by atoms with van der Waals surface area (Å²) in [6, 6.07) is 0. The zero-order valence-corrected chi connectivity index (χ0v) is 29.9. The Morgan fingerprint density at radius 2 is 0.943 bits per heavy atom. The molecule has 4 aliphatic rings. The van der Waals surface area contributed by atoms with Crippen LogP contribution in [0.2, 0.25) is 0 Å². The number of aliphatic carboxylic acids is 4. The molecule has 0 spiro atoms. The van der Waals surface area contributed by atoms with Gasteiger partial charge >= 0.3 is 23.9 Å². The average molecular weight is 751 g/mol. The highest BCUT2D eigenvalue weighted by molar-refractivity contribution is 5.94. The third-order valence-electron chi connectivity index (χ3n) is 10.3. The third-order valence-corrected chi connectivity index (χ3v) is 10.3. The molecule has 4 aliphatic carbocycles. The zero-order chi connectivity index (χ0) is 38.8. The predicted molar refractivity (Wildman–Crippen MR) is 193 cm³/mol. The fraction of sp³-hybridized carbons (Fsp3) is 0.676. The molecule has 0 radical (unpaired) electrons. The number of carboxylic acids is 4.